The molecule has 1 amide bonds. The van der Waals surface area contributed by atoms with Crippen molar-refractivity contribution in [3.8, 4) is 28.5 Å². The molecule has 2 aliphatic rings. The number of rotatable bonds is 4. The fourth-order valence-corrected chi connectivity index (χ4v) is 4.57. The number of nitrogens with zero attached hydrogens (tertiary/aromatic N) is 3. The summed E-state index contributed by atoms with van der Waals surface area (Å²) in [6.45, 7) is 1.56. The maximum atomic E-state index is 12.8. The second-order valence-electron chi connectivity index (χ2n) is 7.21. The summed E-state index contributed by atoms with van der Waals surface area (Å²) in [5.74, 6) is 1.59. The largest absolute Gasteiger partial charge is 0.495 e. The van der Waals surface area contributed by atoms with Gasteiger partial charge in [0.1, 0.15) is 29.5 Å². The number of fused-ring (bicyclic) bond motifs is 2. The normalized spacial score (nSPS) is 13.8. The van der Waals surface area contributed by atoms with Gasteiger partial charge in [-0.05, 0) is 17.2 Å². The zero-order valence-corrected chi connectivity index (χ0v) is 18.8. The molecule has 1 N–H and O–H groups in total. The third-order valence-corrected chi connectivity index (χ3v) is 6.19. The minimum absolute atomic E-state index is 0.313. The van der Waals surface area contributed by atoms with Crippen LogP contribution in [0, 0.1) is 0 Å². The molecule has 0 radical (unpaired) electrons. The molecule has 3 heterocycles. The Morgan fingerprint density at radius 2 is 1.91 bits per heavy atom. The van der Waals surface area contributed by atoms with E-state index in [0.717, 1.165) is 16.7 Å². The summed E-state index contributed by atoms with van der Waals surface area (Å²) >= 11 is 13.1. The summed E-state index contributed by atoms with van der Waals surface area (Å²) in [6, 6.07) is 7.35. The minimum Gasteiger partial charge on any atom is -0.495 e. The van der Waals surface area contributed by atoms with Crippen LogP contribution in [0.25, 0.3) is 11.1 Å². The molecule has 0 atom stereocenters. The van der Waals surface area contributed by atoms with Gasteiger partial charge in [-0.25, -0.2) is 4.68 Å². The minimum atomic E-state index is -0.313. The molecule has 2 aliphatic heterocycles. The second-order valence-corrected chi connectivity index (χ2v) is 7.97. The Labute approximate surface area is 193 Å². The first-order valence-corrected chi connectivity index (χ1v) is 10.6. The van der Waals surface area contributed by atoms with Crippen LogP contribution >= 0.6 is 23.2 Å². The zero-order chi connectivity index (χ0) is 22.4. The molecular weight excluding hydrogens is 455 g/mol. The zero-order valence-electron chi connectivity index (χ0n) is 17.2. The van der Waals surface area contributed by atoms with Gasteiger partial charge in [-0.2, -0.15) is 5.10 Å². The summed E-state index contributed by atoms with van der Waals surface area (Å²) in [6.07, 6.45) is 1.50. The first-order valence-electron chi connectivity index (χ1n) is 9.80. The Morgan fingerprint density at radius 1 is 1.16 bits per heavy atom. The molecule has 0 unspecified atom stereocenters. The number of hydrogen-bond acceptors (Lipinski definition) is 6. The summed E-state index contributed by atoms with van der Waals surface area (Å²) in [7, 11) is 3.07. The fraction of sp³-hybridized carbons (Fsp3) is 0.227. The third-order valence-electron chi connectivity index (χ3n) is 5.44. The highest BCUT2D eigenvalue weighted by Crippen LogP contribution is 2.46. The van der Waals surface area contributed by atoms with E-state index in [4.69, 9.17) is 37.4 Å². The van der Waals surface area contributed by atoms with Gasteiger partial charge in [0.25, 0.3) is 5.91 Å². The number of methoxy groups -OCH3 is 2. The maximum Gasteiger partial charge on any atom is 0.263 e. The smallest absolute Gasteiger partial charge is 0.263 e. The number of carbonyl (C=O) groups excluding carboxylic acids is 1. The van der Waals surface area contributed by atoms with E-state index in [9.17, 15) is 4.79 Å². The lowest BCUT2D eigenvalue weighted by Crippen LogP contribution is -2.30. The number of aromatic nitrogens is 2. The molecule has 8 nitrogen and oxygen atoms in total. The van der Waals surface area contributed by atoms with Gasteiger partial charge < -0.3 is 19.5 Å². The van der Waals surface area contributed by atoms with Crippen LogP contribution in [0.1, 0.15) is 21.5 Å². The number of carbonyl (C=O) groups is 1. The number of amidine groups is 1. The van der Waals surface area contributed by atoms with Crippen LogP contribution < -0.4 is 19.5 Å². The summed E-state index contributed by atoms with van der Waals surface area (Å²) < 4.78 is 17.9. The number of aliphatic imine (C=N–C) groups is 1. The molecule has 0 bridgehead atoms. The van der Waals surface area contributed by atoms with Crippen LogP contribution in [0.3, 0.4) is 0 Å². The Balaban J connectivity index is 1.45. The number of amides is 1. The van der Waals surface area contributed by atoms with Gasteiger partial charge in [-0.3, -0.25) is 9.79 Å². The van der Waals surface area contributed by atoms with Crippen molar-refractivity contribution in [3.05, 3.63) is 57.2 Å². The van der Waals surface area contributed by atoms with E-state index in [0.29, 0.717) is 64.1 Å². The summed E-state index contributed by atoms with van der Waals surface area (Å²) in [4.78, 5) is 17.3. The van der Waals surface area contributed by atoms with Gasteiger partial charge in [0.05, 0.1) is 43.6 Å². The van der Waals surface area contributed by atoms with Crippen molar-refractivity contribution in [1.29, 1.82) is 0 Å². The standard InChI is InChI=1S/C22H18Cl2N4O4/c1-30-15-8-16(31-2)19(24)17(18(15)23)11-3-4-13-12(7-11)9-25-20(13)27-21(29)14-10-26-28-5-6-32-22(14)28/h3-4,7-8,10H,5-6,9H2,1-2H3,(H,25,27,29). The van der Waals surface area contributed by atoms with Gasteiger partial charge in [0.15, 0.2) is 0 Å². The lowest BCUT2D eigenvalue weighted by Gasteiger charge is -2.15. The molecule has 0 saturated heterocycles. The van der Waals surface area contributed by atoms with E-state index in [2.05, 4.69) is 15.4 Å². The second kappa shape index (κ2) is 8.03. The van der Waals surface area contributed by atoms with Crippen LogP contribution in [0.5, 0.6) is 17.4 Å². The monoisotopic (exact) mass is 472 g/mol. The molecule has 1 aromatic heterocycles. The molecule has 5 rings (SSSR count). The average molecular weight is 473 g/mol. The van der Waals surface area contributed by atoms with Crippen LogP contribution in [0.2, 0.25) is 10.0 Å². The topological polar surface area (TPSA) is 87.0 Å². The highest BCUT2D eigenvalue weighted by molar-refractivity contribution is 6.41. The maximum absolute atomic E-state index is 12.8. The van der Waals surface area contributed by atoms with E-state index in [1.165, 1.54) is 20.4 Å². The van der Waals surface area contributed by atoms with Crippen molar-refractivity contribution < 1.29 is 19.0 Å². The van der Waals surface area contributed by atoms with E-state index >= 15 is 0 Å². The molecule has 0 spiro atoms. The van der Waals surface area contributed by atoms with Crippen LogP contribution in [-0.4, -0.2) is 42.3 Å². The fourth-order valence-electron chi connectivity index (χ4n) is 3.85. The SMILES string of the molecule is COc1cc(OC)c(Cl)c(-c2ccc3c(c2)CN=C3NC(=O)c2cnn3c2OCC3)c1Cl. The van der Waals surface area contributed by atoms with Gasteiger partial charge in [-0.15, -0.1) is 0 Å². The molecular formula is C22H18Cl2N4O4. The van der Waals surface area contributed by atoms with Crippen molar-refractivity contribution in [1.82, 2.24) is 15.1 Å². The van der Waals surface area contributed by atoms with Crippen molar-refractivity contribution in [2.75, 3.05) is 20.8 Å². The van der Waals surface area contributed by atoms with E-state index < -0.39 is 0 Å². The Morgan fingerprint density at radius 3 is 2.62 bits per heavy atom. The molecule has 0 saturated carbocycles. The summed E-state index contributed by atoms with van der Waals surface area (Å²) in [5, 5.41) is 7.82. The molecule has 3 aromatic rings. The van der Waals surface area contributed by atoms with E-state index in [-0.39, 0.29) is 5.91 Å². The molecule has 32 heavy (non-hydrogen) atoms. The van der Waals surface area contributed by atoms with Crippen molar-refractivity contribution in [2.45, 2.75) is 13.1 Å². The lowest BCUT2D eigenvalue weighted by atomic mass is 9.99. The van der Waals surface area contributed by atoms with Gasteiger partial charge in [-0.1, -0.05) is 35.3 Å². The van der Waals surface area contributed by atoms with Gasteiger partial charge >= 0.3 is 0 Å². The predicted octanol–water partition coefficient (Wildman–Crippen LogP) is 3.96. The third kappa shape index (κ3) is 3.27. The number of benzene rings is 2. The van der Waals surface area contributed by atoms with E-state index in [1.807, 2.05) is 18.2 Å². The Hall–Kier alpha value is -3.23. The molecule has 0 aliphatic carbocycles. The number of hydrogen-bond donors (Lipinski definition) is 1. The lowest BCUT2D eigenvalue weighted by molar-refractivity contribution is 0.0974. The Bertz CT molecular complexity index is 1260. The van der Waals surface area contributed by atoms with Crippen LogP contribution in [0.4, 0.5) is 0 Å². The van der Waals surface area contributed by atoms with Crippen LogP contribution in [0.15, 0.2) is 35.5 Å². The first kappa shape index (κ1) is 20.7. The number of halogens is 2. The number of ether oxygens (including phenoxy) is 3. The molecule has 2 aromatic carbocycles. The predicted molar refractivity (Wildman–Crippen MR) is 120 cm³/mol. The van der Waals surface area contributed by atoms with Gasteiger partial charge in [0, 0.05) is 17.2 Å². The highest BCUT2D eigenvalue weighted by atomic mass is 35.5. The Kier molecular flexibility index (Phi) is 5.19. The molecule has 10 heteroatoms. The number of nitrogens with one attached hydrogen (secondary N) is 1. The van der Waals surface area contributed by atoms with Crippen molar-refractivity contribution in [3.63, 3.8) is 0 Å². The average Bonchev–Trinajstić information content (AvgIpc) is 3.50. The van der Waals surface area contributed by atoms with Crippen molar-refractivity contribution in [2.24, 2.45) is 4.99 Å². The van der Waals surface area contributed by atoms with Crippen LogP contribution in [-0.2, 0) is 13.1 Å². The first-order chi connectivity index (χ1) is 15.5. The highest BCUT2D eigenvalue weighted by Gasteiger charge is 2.26. The van der Waals surface area contributed by atoms with Gasteiger partial charge in [0.2, 0.25) is 5.88 Å². The quantitative estimate of drug-likeness (QED) is 0.620. The molecule has 164 valence electrons. The molecule has 0 fully saturated rings. The van der Waals surface area contributed by atoms with E-state index in [1.54, 1.807) is 10.7 Å². The summed E-state index contributed by atoms with van der Waals surface area (Å²) in [5.41, 5.74) is 3.55. The van der Waals surface area contributed by atoms with Crippen molar-refractivity contribution >= 4 is 34.9 Å².